The maximum Gasteiger partial charge on any atom is 0.315 e. The first-order chi connectivity index (χ1) is 17.3. The van der Waals surface area contributed by atoms with Gasteiger partial charge in [-0.25, -0.2) is 0 Å². The van der Waals surface area contributed by atoms with E-state index in [1.807, 2.05) is 105 Å². The number of carbonyl (C=O) groups is 1. The number of hydrogen-bond acceptors (Lipinski definition) is 5. The SMILES string of the molecule is CC(C)COC(=O)[C@@H]1/C(=N\N=C(c2ccccc2)c2ccccc2)C[C@](C)(O)C[C@@H]1c1ccccc1. The smallest absolute Gasteiger partial charge is 0.315 e. The van der Waals surface area contributed by atoms with Gasteiger partial charge in [-0.05, 0) is 24.8 Å². The van der Waals surface area contributed by atoms with E-state index >= 15 is 0 Å². The Hall–Kier alpha value is -3.57. The summed E-state index contributed by atoms with van der Waals surface area (Å²) in [4.78, 5) is 13.5. The van der Waals surface area contributed by atoms with E-state index < -0.39 is 11.5 Å². The van der Waals surface area contributed by atoms with Gasteiger partial charge in [0.2, 0.25) is 0 Å². The van der Waals surface area contributed by atoms with Gasteiger partial charge >= 0.3 is 5.97 Å². The van der Waals surface area contributed by atoms with Crippen molar-refractivity contribution in [1.29, 1.82) is 0 Å². The van der Waals surface area contributed by atoms with Gasteiger partial charge in [-0.15, -0.1) is 5.10 Å². The van der Waals surface area contributed by atoms with Crippen molar-refractivity contribution in [3.8, 4) is 0 Å². The quantitative estimate of drug-likeness (QED) is 0.254. The molecular formula is C31H34N2O3. The van der Waals surface area contributed by atoms with Crippen molar-refractivity contribution < 1.29 is 14.6 Å². The summed E-state index contributed by atoms with van der Waals surface area (Å²) in [6, 6.07) is 29.6. The van der Waals surface area contributed by atoms with Crippen LogP contribution in [-0.2, 0) is 9.53 Å². The van der Waals surface area contributed by atoms with E-state index in [-0.39, 0.29) is 24.2 Å². The standard InChI is InChI=1S/C31H34N2O3/c1-22(2)21-36-30(34)28-26(23-13-7-4-8-14-23)19-31(3,35)20-27(28)32-33-29(24-15-9-5-10-16-24)25-17-11-6-12-18-25/h4-18,22,26,28,35H,19-21H2,1-3H3/b32-27-/t26-,28+,31-/m1/s1. The fourth-order valence-corrected chi connectivity index (χ4v) is 4.73. The van der Waals surface area contributed by atoms with Crippen molar-refractivity contribution >= 4 is 17.4 Å². The Morgan fingerprint density at radius 1 is 0.944 bits per heavy atom. The molecule has 186 valence electrons. The third-order valence-electron chi connectivity index (χ3n) is 6.40. The third kappa shape index (κ3) is 6.35. The average molecular weight is 483 g/mol. The molecule has 1 fully saturated rings. The van der Waals surface area contributed by atoms with Crippen molar-refractivity contribution in [2.75, 3.05) is 6.61 Å². The Morgan fingerprint density at radius 3 is 2.00 bits per heavy atom. The second-order valence-electron chi connectivity index (χ2n) is 10.2. The highest BCUT2D eigenvalue weighted by Gasteiger charge is 2.45. The molecule has 1 N–H and O–H groups in total. The van der Waals surface area contributed by atoms with Crippen LogP contribution in [-0.4, -0.2) is 34.7 Å². The zero-order valence-corrected chi connectivity index (χ0v) is 21.2. The van der Waals surface area contributed by atoms with E-state index in [2.05, 4.69) is 5.10 Å². The number of hydrogen-bond donors (Lipinski definition) is 1. The van der Waals surface area contributed by atoms with Crippen molar-refractivity contribution in [3.63, 3.8) is 0 Å². The predicted octanol–water partition coefficient (Wildman–Crippen LogP) is 6.02. The molecule has 5 nitrogen and oxygen atoms in total. The number of benzene rings is 3. The summed E-state index contributed by atoms with van der Waals surface area (Å²) in [5, 5.41) is 20.6. The van der Waals surface area contributed by atoms with Crippen LogP contribution in [0.15, 0.2) is 101 Å². The molecule has 1 aliphatic rings. The highest BCUT2D eigenvalue weighted by atomic mass is 16.5. The summed E-state index contributed by atoms with van der Waals surface area (Å²) in [5.41, 5.74) is 3.05. The predicted molar refractivity (Wildman–Crippen MR) is 144 cm³/mol. The molecule has 3 aromatic rings. The zero-order valence-electron chi connectivity index (χ0n) is 21.2. The van der Waals surface area contributed by atoms with Crippen LogP contribution in [0.1, 0.15) is 56.2 Å². The third-order valence-corrected chi connectivity index (χ3v) is 6.40. The number of nitrogens with zero attached hydrogens (tertiary/aromatic N) is 2. The van der Waals surface area contributed by atoms with Crippen LogP contribution in [0, 0.1) is 11.8 Å². The first-order valence-corrected chi connectivity index (χ1v) is 12.5. The highest BCUT2D eigenvalue weighted by molar-refractivity contribution is 6.13. The first kappa shape index (κ1) is 25.5. The Bertz CT molecular complexity index is 1160. The Labute approximate surface area is 213 Å². The summed E-state index contributed by atoms with van der Waals surface area (Å²) >= 11 is 0. The van der Waals surface area contributed by atoms with Crippen LogP contribution in [0.3, 0.4) is 0 Å². The van der Waals surface area contributed by atoms with Crippen LogP contribution >= 0.6 is 0 Å². The zero-order chi connectivity index (χ0) is 25.5. The number of rotatable bonds is 7. The molecule has 36 heavy (non-hydrogen) atoms. The van der Waals surface area contributed by atoms with Gasteiger partial charge in [0, 0.05) is 23.5 Å². The summed E-state index contributed by atoms with van der Waals surface area (Å²) in [6.07, 6.45) is 0.684. The van der Waals surface area contributed by atoms with Gasteiger partial charge in [-0.1, -0.05) is 105 Å². The fraction of sp³-hybridized carbons (Fsp3) is 0.323. The van der Waals surface area contributed by atoms with Crippen LogP contribution in [0.5, 0.6) is 0 Å². The minimum absolute atomic E-state index is 0.219. The Balaban J connectivity index is 1.81. The minimum atomic E-state index is -1.02. The molecule has 0 bridgehead atoms. The molecule has 0 amide bonds. The van der Waals surface area contributed by atoms with E-state index in [9.17, 15) is 9.90 Å². The van der Waals surface area contributed by atoms with Crippen molar-refractivity contribution in [3.05, 3.63) is 108 Å². The molecule has 0 heterocycles. The van der Waals surface area contributed by atoms with Gasteiger partial charge in [0.1, 0.15) is 11.6 Å². The van der Waals surface area contributed by atoms with Gasteiger partial charge in [-0.3, -0.25) is 4.79 Å². The molecule has 0 aromatic heterocycles. The van der Waals surface area contributed by atoms with E-state index in [1.165, 1.54) is 0 Å². The van der Waals surface area contributed by atoms with Crippen molar-refractivity contribution in [2.24, 2.45) is 22.0 Å². The lowest BCUT2D eigenvalue weighted by molar-refractivity contribution is -0.149. The molecule has 0 aliphatic heterocycles. The van der Waals surface area contributed by atoms with Gasteiger partial charge in [0.15, 0.2) is 0 Å². The summed E-state index contributed by atoms with van der Waals surface area (Å²) in [5.74, 6) is -0.983. The number of aliphatic hydroxyl groups is 1. The summed E-state index contributed by atoms with van der Waals surface area (Å²) in [6.45, 7) is 6.16. The lowest BCUT2D eigenvalue weighted by atomic mass is 9.68. The fourth-order valence-electron chi connectivity index (χ4n) is 4.73. The lowest BCUT2D eigenvalue weighted by Gasteiger charge is -2.39. The molecule has 0 radical (unpaired) electrons. The molecule has 0 spiro atoms. The minimum Gasteiger partial charge on any atom is -0.465 e. The molecule has 5 heteroatoms. The molecular weight excluding hydrogens is 448 g/mol. The maximum atomic E-state index is 13.5. The van der Waals surface area contributed by atoms with Gasteiger partial charge in [-0.2, -0.15) is 5.10 Å². The van der Waals surface area contributed by atoms with Crippen LogP contribution in [0.25, 0.3) is 0 Å². The van der Waals surface area contributed by atoms with E-state index in [0.717, 1.165) is 16.7 Å². The molecule has 0 unspecified atom stereocenters. The van der Waals surface area contributed by atoms with Crippen LogP contribution in [0.4, 0.5) is 0 Å². The Kier molecular flexibility index (Phi) is 8.11. The van der Waals surface area contributed by atoms with Crippen molar-refractivity contribution in [1.82, 2.24) is 0 Å². The largest absolute Gasteiger partial charge is 0.465 e. The molecule has 1 saturated carbocycles. The first-order valence-electron chi connectivity index (χ1n) is 12.5. The maximum absolute atomic E-state index is 13.5. The number of carbonyl (C=O) groups excluding carboxylic acids is 1. The lowest BCUT2D eigenvalue weighted by Crippen LogP contribution is -2.45. The number of esters is 1. The van der Waals surface area contributed by atoms with E-state index in [0.29, 0.717) is 24.5 Å². The van der Waals surface area contributed by atoms with Crippen LogP contribution < -0.4 is 0 Å². The monoisotopic (exact) mass is 482 g/mol. The second-order valence-corrected chi connectivity index (χ2v) is 10.2. The highest BCUT2D eigenvalue weighted by Crippen LogP contribution is 2.42. The van der Waals surface area contributed by atoms with Crippen molar-refractivity contribution in [2.45, 2.75) is 45.1 Å². The average Bonchev–Trinajstić information content (AvgIpc) is 2.88. The molecule has 3 atom stereocenters. The topological polar surface area (TPSA) is 71.2 Å². The normalized spacial score (nSPS) is 22.9. The molecule has 4 rings (SSSR count). The summed E-state index contributed by atoms with van der Waals surface area (Å²) in [7, 11) is 0. The number of ether oxygens (including phenoxy) is 1. The van der Waals surface area contributed by atoms with E-state index in [1.54, 1.807) is 6.92 Å². The van der Waals surface area contributed by atoms with Gasteiger partial charge < -0.3 is 9.84 Å². The Morgan fingerprint density at radius 2 is 1.47 bits per heavy atom. The van der Waals surface area contributed by atoms with Crippen LogP contribution in [0.2, 0.25) is 0 Å². The molecule has 0 saturated heterocycles. The summed E-state index contributed by atoms with van der Waals surface area (Å²) < 4.78 is 5.72. The van der Waals surface area contributed by atoms with Gasteiger partial charge in [0.25, 0.3) is 0 Å². The second kappa shape index (κ2) is 11.4. The molecule has 1 aliphatic carbocycles. The molecule has 3 aromatic carbocycles. The van der Waals surface area contributed by atoms with E-state index in [4.69, 9.17) is 9.84 Å². The van der Waals surface area contributed by atoms with Gasteiger partial charge in [0.05, 0.1) is 17.9 Å².